The molecule has 1 aliphatic heterocycles. The summed E-state index contributed by atoms with van der Waals surface area (Å²) < 4.78 is 7.16. The van der Waals surface area contributed by atoms with Crippen molar-refractivity contribution in [2.45, 2.75) is 26.3 Å². The van der Waals surface area contributed by atoms with E-state index < -0.39 is 0 Å². The van der Waals surface area contributed by atoms with Gasteiger partial charge in [-0.25, -0.2) is 4.99 Å². The highest BCUT2D eigenvalue weighted by atomic mass is 127. The van der Waals surface area contributed by atoms with Crippen molar-refractivity contribution in [3.05, 3.63) is 47.5 Å². The van der Waals surface area contributed by atoms with Gasteiger partial charge in [-0.2, -0.15) is 0 Å². The maximum Gasteiger partial charge on any atom is 0.194 e. The van der Waals surface area contributed by atoms with Crippen LogP contribution in [-0.4, -0.2) is 59.0 Å². The molecule has 1 N–H and O–H groups in total. The van der Waals surface area contributed by atoms with Gasteiger partial charge in [0.15, 0.2) is 11.8 Å². The lowest BCUT2D eigenvalue weighted by Crippen LogP contribution is -2.41. The van der Waals surface area contributed by atoms with Crippen molar-refractivity contribution in [3.63, 3.8) is 0 Å². The number of aryl methyl sites for hydroxylation is 1. The van der Waals surface area contributed by atoms with E-state index >= 15 is 0 Å². The van der Waals surface area contributed by atoms with E-state index in [1.165, 1.54) is 12.0 Å². The largest absolute Gasteiger partial charge is 0.383 e. The smallest absolute Gasteiger partial charge is 0.194 e. The van der Waals surface area contributed by atoms with E-state index in [9.17, 15) is 0 Å². The van der Waals surface area contributed by atoms with Crippen LogP contribution in [0.2, 0.25) is 0 Å². The van der Waals surface area contributed by atoms with Gasteiger partial charge in [0.1, 0.15) is 12.4 Å². The number of guanidine groups is 1. The Morgan fingerprint density at radius 3 is 2.75 bits per heavy atom. The second kappa shape index (κ2) is 11.4. The molecule has 1 aliphatic rings. The number of aromatic nitrogens is 3. The van der Waals surface area contributed by atoms with Gasteiger partial charge in [-0.1, -0.05) is 30.3 Å². The second-order valence-electron chi connectivity index (χ2n) is 7.07. The van der Waals surface area contributed by atoms with Gasteiger partial charge in [-0.15, -0.1) is 34.2 Å². The van der Waals surface area contributed by atoms with E-state index in [0.29, 0.717) is 19.1 Å². The lowest BCUT2D eigenvalue weighted by Gasteiger charge is -2.22. The number of halogens is 1. The molecule has 2 heterocycles. The first-order valence-corrected chi connectivity index (χ1v) is 9.58. The second-order valence-corrected chi connectivity index (χ2v) is 7.07. The Morgan fingerprint density at radius 2 is 2.07 bits per heavy atom. The molecule has 154 valence electrons. The number of likely N-dealkylation sites (tertiary alicyclic amines) is 1. The lowest BCUT2D eigenvalue weighted by molar-refractivity contribution is 0.203. The van der Waals surface area contributed by atoms with Crippen molar-refractivity contribution in [1.29, 1.82) is 0 Å². The maximum atomic E-state index is 5.18. The van der Waals surface area contributed by atoms with Crippen molar-refractivity contribution >= 4 is 29.9 Å². The molecule has 1 unspecified atom stereocenters. The van der Waals surface area contributed by atoms with Gasteiger partial charge in [0.2, 0.25) is 0 Å². The van der Waals surface area contributed by atoms with Crippen LogP contribution in [0.25, 0.3) is 0 Å². The van der Waals surface area contributed by atoms with Crippen molar-refractivity contribution < 1.29 is 4.74 Å². The number of nitrogens with zero attached hydrogens (tertiary/aromatic N) is 5. The fourth-order valence-electron chi connectivity index (χ4n) is 3.41. The van der Waals surface area contributed by atoms with Crippen LogP contribution in [-0.2, 0) is 24.8 Å². The molecule has 28 heavy (non-hydrogen) atoms. The zero-order valence-corrected chi connectivity index (χ0v) is 19.3. The molecule has 0 bridgehead atoms. The average Bonchev–Trinajstić information content (AvgIpc) is 3.27. The summed E-state index contributed by atoms with van der Waals surface area (Å²) in [6.45, 7) is 5.91. The minimum absolute atomic E-state index is 0. The van der Waals surface area contributed by atoms with Crippen LogP contribution in [0.3, 0.4) is 0 Å². The summed E-state index contributed by atoms with van der Waals surface area (Å²) in [4.78, 5) is 7.17. The first kappa shape index (κ1) is 22.6. The van der Waals surface area contributed by atoms with Crippen LogP contribution < -0.4 is 5.32 Å². The highest BCUT2D eigenvalue weighted by molar-refractivity contribution is 14.0. The number of nitrogens with one attached hydrogen (secondary N) is 1. The highest BCUT2D eigenvalue weighted by Crippen LogP contribution is 2.21. The van der Waals surface area contributed by atoms with Crippen LogP contribution in [0.4, 0.5) is 0 Å². The van der Waals surface area contributed by atoms with Crippen LogP contribution in [0.5, 0.6) is 0 Å². The third-order valence-corrected chi connectivity index (χ3v) is 5.09. The van der Waals surface area contributed by atoms with Crippen LogP contribution in [0.15, 0.2) is 35.3 Å². The molecule has 3 rings (SSSR count). The number of rotatable bonds is 7. The topological polar surface area (TPSA) is 67.6 Å². The van der Waals surface area contributed by atoms with E-state index in [2.05, 4.69) is 50.7 Å². The quantitative estimate of drug-likeness (QED) is 0.275. The molecule has 0 saturated carbocycles. The summed E-state index contributed by atoms with van der Waals surface area (Å²) in [5, 5.41) is 11.8. The zero-order chi connectivity index (χ0) is 19.1. The Hall–Kier alpha value is -1.68. The predicted octanol–water partition coefficient (Wildman–Crippen LogP) is 2.40. The van der Waals surface area contributed by atoms with E-state index in [-0.39, 0.29) is 24.0 Å². The number of methoxy groups -OCH3 is 1. The summed E-state index contributed by atoms with van der Waals surface area (Å²) in [6, 6.07) is 10.7. The molecule has 1 atom stereocenters. The van der Waals surface area contributed by atoms with Crippen LogP contribution in [0, 0.1) is 12.8 Å². The maximum absolute atomic E-state index is 5.18. The molecule has 1 saturated heterocycles. The van der Waals surface area contributed by atoms with Crippen molar-refractivity contribution in [1.82, 2.24) is 25.0 Å². The van der Waals surface area contributed by atoms with Gasteiger partial charge in [-0.05, 0) is 31.2 Å². The Morgan fingerprint density at radius 1 is 1.29 bits per heavy atom. The van der Waals surface area contributed by atoms with Gasteiger partial charge in [0.05, 0.1) is 6.61 Å². The molecule has 0 radical (unpaired) electrons. The van der Waals surface area contributed by atoms with Crippen LogP contribution >= 0.6 is 24.0 Å². The van der Waals surface area contributed by atoms with Gasteiger partial charge in [0, 0.05) is 33.8 Å². The van der Waals surface area contributed by atoms with Crippen LogP contribution in [0.1, 0.15) is 23.6 Å². The number of hydrogen-bond acceptors (Lipinski definition) is 4. The molecule has 0 spiro atoms. The predicted molar refractivity (Wildman–Crippen MR) is 122 cm³/mol. The van der Waals surface area contributed by atoms with Crippen molar-refractivity contribution in [3.8, 4) is 0 Å². The Labute approximate surface area is 184 Å². The fourth-order valence-corrected chi connectivity index (χ4v) is 3.41. The summed E-state index contributed by atoms with van der Waals surface area (Å²) >= 11 is 0. The Balaban J connectivity index is 0.00000280. The molecule has 0 amide bonds. The first-order chi connectivity index (χ1) is 13.2. The number of aliphatic imine (C=N–C) groups is 1. The summed E-state index contributed by atoms with van der Waals surface area (Å²) in [5.41, 5.74) is 1.41. The number of benzene rings is 1. The molecular weight excluding hydrogens is 467 g/mol. The fraction of sp³-hybridized carbons (Fsp3) is 0.550. The SMILES string of the molecule is COCCNC(=NCc1nnc(C)n1C)N1CCC(Cc2ccccc2)C1.I. The zero-order valence-electron chi connectivity index (χ0n) is 17.0. The summed E-state index contributed by atoms with van der Waals surface area (Å²) in [7, 11) is 3.69. The molecular formula is C20H31IN6O. The molecule has 1 aromatic carbocycles. The minimum atomic E-state index is 0. The monoisotopic (exact) mass is 498 g/mol. The van der Waals surface area contributed by atoms with Crippen molar-refractivity contribution in [2.24, 2.45) is 18.0 Å². The Bertz CT molecular complexity index is 748. The van der Waals surface area contributed by atoms with Gasteiger partial charge in [0.25, 0.3) is 0 Å². The van der Waals surface area contributed by atoms with E-state index in [0.717, 1.165) is 43.7 Å². The summed E-state index contributed by atoms with van der Waals surface area (Å²) in [5.74, 6) is 3.36. The third-order valence-electron chi connectivity index (χ3n) is 5.09. The van der Waals surface area contributed by atoms with Gasteiger partial charge < -0.3 is 19.5 Å². The van der Waals surface area contributed by atoms with Gasteiger partial charge >= 0.3 is 0 Å². The molecule has 1 aromatic heterocycles. The van der Waals surface area contributed by atoms with Gasteiger partial charge in [-0.3, -0.25) is 0 Å². The van der Waals surface area contributed by atoms with Crippen molar-refractivity contribution in [2.75, 3.05) is 33.4 Å². The molecule has 1 fully saturated rings. The minimum Gasteiger partial charge on any atom is -0.383 e. The van der Waals surface area contributed by atoms with E-state index in [1.807, 2.05) is 18.5 Å². The Kier molecular flexibility index (Phi) is 9.17. The van der Waals surface area contributed by atoms with E-state index in [4.69, 9.17) is 9.73 Å². The lowest BCUT2D eigenvalue weighted by atomic mass is 9.99. The normalized spacial score (nSPS) is 16.9. The number of hydrogen-bond donors (Lipinski definition) is 1. The first-order valence-electron chi connectivity index (χ1n) is 9.58. The number of ether oxygens (including phenoxy) is 1. The third kappa shape index (κ3) is 6.16. The summed E-state index contributed by atoms with van der Waals surface area (Å²) in [6.07, 6.45) is 2.30. The standard InChI is InChI=1S/C20H30N6O.HI/c1-16-23-24-19(25(16)2)14-22-20(21-10-12-27-3)26-11-9-18(15-26)13-17-7-5-4-6-8-17;/h4-8,18H,9-15H2,1-3H3,(H,21,22);1H. The molecule has 8 heteroatoms. The molecule has 7 nitrogen and oxygen atoms in total. The molecule has 2 aromatic rings. The van der Waals surface area contributed by atoms with E-state index in [1.54, 1.807) is 7.11 Å². The molecule has 0 aliphatic carbocycles. The highest BCUT2D eigenvalue weighted by Gasteiger charge is 2.25. The average molecular weight is 498 g/mol.